The highest BCUT2D eigenvalue weighted by Crippen LogP contribution is 2.30. The highest BCUT2D eigenvalue weighted by molar-refractivity contribution is 7.91. The van der Waals surface area contributed by atoms with Crippen molar-refractivity contribution in [2.75, 3.05) is 6.26 Å². The van der Waals surface area contributed by atoms with E-state index in [4.69, 9.17) is 0 Å². The van der Waals surface area contributed by atoms with E-state index in [0.29, 0.717) is 0 Å². The number of hydrogen-bond donors (Lipinski definition) is 0. The van der Waals surface area contributed by atoms with E-state index >= 15 is 0 Å². The zero-order chi connectivity index (χ0) is 9.90. The van der Waals surface area contributed by atoms with Crippen LogP contribution in [0.3, 0.4) is 0 Å². The van der Waals surface area contributed by atoms with Crippen molar-refractivity contribution in [1.29, 1.82) is 0 Å². The zero-order valence-corrected chi connectivity index (χ0v) is 9.44. The molecule has 13 heavy (non-hydrogen) atoms. The molecule has 0 bridgehead atoms. The molecular formula is C10H20O2S. The standard InChI is InChI=1S/C10H20O2S/c1-3-4-9-5-7-10(8-6-9)13(2,11)12/h9-10H,3-8H2,1-2H3. The summed E-state index contributed by atoms with van der Waals surface area (Å²) >= 11 is 0. The monoisotopic (exact) mass is 204 g/mol. The maximum absolute atomic E-state index is 11.3. The van der Waals surface area contributed by atoms with Crippen LogP contribution in [0, 0.1) is 5.92 Å². The first kappa shape index (κ1) is 11.0. The van der Waals surface area contributed by atoms with Gasteiger partial charge in [0.2, 0.25) is 0 Å². The molecule has 78 valence electrons. The first-order valence-corrected chi connectivity index (χ1v) is 7.18. The van der Waals surface area contributed by atoms with Crippen LogP contribution in [-0.2, 0) is 9.84 Å². The molecule has 3 heteroatoms. The molecule has 1 rings (SSSR count). The molecule has 0 atom stereocenters. The number of rotatable bonds is 3. The summed E-state index contributed by atoms with van der Waals surface area (Å²) in [6.07, 6.45) is 7.90. The van der Waals surface area contributed by atoms with Gasteiger partial charge in [-0.05, 0) is 31.6 Å². The minimum atomic E-state index is -2.76. The SMILES string of the molecule is CCCC1CCC(S(C)(=O)=O)CC1. The van der Waals surface area contributed by atoms with Gasteiger partial charge in [0.25, 0.3) is 0 Å². The molecule has 0 amide bonds. The third-order valence-corrected chi connectivity index (χ3v) is 4.78. The van der Waals surface area contributed by atoms with E-state index in [1.54, 1.807) is 0 Å². The van der Waals surface area contributed by atoms with E-state index in [-0.39, 0.29) is 5.25 Å². The van der Waals surface area contributed by atoms with Crippen molar-refractivity contribution in [3.63, 3.8) is 0 Å². The Hall–Kier alpha value is -0.0500. The molecule has 1 aliphatic rings. The Balaban J connectivity index is 2.39. The van der Waals surface area contributed by atoms with Crippen LogP contribution in [0.15, 0.2) is 0 Å². The van der Waals surface area contributed by atoms with Crippen LogP contribution < -0.4 is 0 Å². The Morgan fingerprint density at radius 3 is 2.08 bits per heavy atom. The molecule has 0 unspecified atom stereocenters. The molecular weight excluding hydrogens is 184 g/mol. The molecule has 0 aliphatic heterocycles. The smallest absolute Gasteiger partial charge is 0.150 e. The molecule has 0 aromatic rings. The largest absolute Gasteiger partial charge is 0.229 e. The summed E-state index contributed by atoms with van der Waals surface area (Å²) in [7, 11) is -2.76. The summed E-state index contributed by atoms with van der Waals surface area (Å²) in [5.41, 5.74) is 0. The van der Waals surface area contributed by atoms with Gasteiger partial charge in [-0.15, -0.1) is 0 Å². The van der Waals surface area contributed by atoms with E-state index in [0.717, 1.165) is 31.6 Å². The first-order valence-electron chi connectivity index (χ1n) is 5.23. The third kappa shape index (κ3) is 3.29. The van der Waals surface area contributed by atoms with Crippen molar-refractivity contribution in [3.05, 3.63) is 0 Å². The van der Waals surface area contributed by atoms with Gasteiger partial charge < -0.3 is 0 Å². The van der Waals surface area contributed by atoms with Crippen molar-refractivity contribution in [3.8, 4) is 0 Å². The first-order chi connectivity index (χ1) is 6.04. The van der Waals surface area contributed by atoms with Crippen LogP contribution in [0.1, 0.15) is 45.4 Å². The van der Waals surface area contributed by atoms with Crippen molar-refractivity contribution in [2.24, 2.45) is 5.92 Å². The van der Waals surface area contributed by atoms with Crippen molar-refractivity contribution >= 4 is 9.84 Å². The van der Waals surface area contributed by atoms with Gasteiger partial charge in [0, 0.05) is 6.26 Å². The van der Waals surface area contributed by atoms with Crippen LogP contribution >= 0.6 is 0 Å². The molecule has 0 heterocycles. The van der Waals surface area contributed by atoms with E-state index in [2.05, 4.69) is 6.92 Å². The van der Waals surface area contributed by atoms with Crippen molar-refractivity contribution in [1.82, 2.24) is 0 Å². The van der Waals surface area contributed by atoms with Gasteiger partial charge in [-0.25, -0.2) is 8.42 Å². The van der Waals surface area contributed by atoms with Crippen LogP contribution in [-0.4, -0.2) is 19.9 Å². The van der Waals surface area contributed by atoms with Gasteiger partial charge in [-0.3, -0.25) is 0 Å². The molecule has 0 saturated heterocycles. The van der Waals surface area contributed by atoms with E-state index in [1.807, 2.05) is 0 Å². The average molecular weight is 204 g/mol. The fourth-order valence-corrected chi connectivity index (χ4v) is 3.39. The van der Waals surface area contributed by atoms with Crippen LogP contribution in [0.25, 0.3) is 0 Å². The molecule has 1 fully saturated rings. The molecule has 1 saturated carbocycles. The fraction of sp³-hybridized carbons (Fsp3) is 1.00. The highest BCUT2D eigenvalue weighted by atomic mass is 32.2. The lowest BCUT2D eigenvalue weighted by Crippen LogP contribution is -2.26. The van der Waals surface area contributed by atoms with Gasteiger partial charge in [0.1, 0.15) is 9.84 Å². The topological polar surface area (TPSA) is 34.1 Å². The quantitative estimate of drug-likeness (QED) is 0.707. The van der Waals surface area contributed by atoms with Crippen LogP contribution in [0.4, 0.5) is 0 Å². The molecule has 0 N–H and O–H groups in total. The Kier molecular flexibility index (Phi) is 3.77. The van der Waals surface area contributed by atoms with Crippen molar-refractivity contribution < 1.29 is 8.42 Å². The summed E-state index contributed by atoms with van der Waals surface area (Å²) in [5, 5.41) is -0.0411. The summed E-state index contributed by atoms with van der Waals surface area (Å²) in [6, 6.07) is 0. The Bertz CT molecular complexity index is 236. The number of sulfone groups is 1. The molecule has 0 radical (unpaired) electrons. The second-order valence-corrected chi connectivity index (χ2v) is 6.59. The van der Waals surface area contributed by atoms with Gasteiger partial charge in [-0.2, -0.15) is 0 Å². The van der Waals surface area contributed by atoms with Crippen LogP contribution in [0.2, 0.25) is 0 Å². The predicted octanol–water partition coefficient (Wildman–Crippen LogP) is 2.39. The normalized spacial score (nSPS) is 30.3. The Morgan fingerprint density at radius 2 is 1.69 bits per heavy atom. The summed E-state index contributed by atoms with van der Waals surface area (Å²) in [6.45, 7) is 2.20. The summed E-state index contributed by atoms with van der Waals surface area (Å²) in [4.78, 5) is 0. The van der Waals surface area contributed by atoms with Gasteiger partial charge >= 0.3 is 0 Å². The van der Waals surface area contributed by atoms with E-state index < -0.39 is 9.84 Å². The summed E-state index contributed by atoms with van der Waals surface area (Å²) < 4.78 is 22.5. The molecule has 0 aromatic heterocycles. The third-order valence-electron chi connectivity index (χ3n) is 3.10. The Labute approximate surface area is 81.6 Å². The highest BCUT2D eigenvalue weighted by Gasteiger charge is 2.26. The average Bonchev–Trinajstić information content (AvgIpc) is 2.04. The van der Waals surface area contributed by atoms with E-state index in [1.165, 1.54) is 19.1 Å². The lowest BCUT2D eigenvalue weighted by atomic mass is 9.86. The minimum Gasteiger partial charge on any atom is -0.229 e. The number of hydrogen-bond acceptors (Lipinski definition) is 2. The van der Waals surface area contributed by atoms with E-state index in [9.17, 15) is 8.42 Å². The summed E-state index contributed by atoms with van der Waals surface area (Å²) in [5.74, 6) is 0.794. The lowest BCUT2D eigenvalue weighted by molar-refractivity contribution is 0.336. The maximum Gasteiger partial charge on any atom is 0.150 e. The second-order valence-electron chi connectivity index (χ2n) is 4.26. The zero-order valence-electron chi connectivity index (χ0n) is 8.62. The molecule has 2 nitrogen and oxygen atoms in total. The molecule has 0 spiro atoms. The maximum atomic E-state index is 11.3. The van der Waals surface area contributed by atoms with Crippen LogP contribution in [0.5, 0.6) is 0 Å². The molecule has 0 aromatic carbocycles. The lowest BCUT2D eigenvalue weighted by Gasteiger charge is -2.26. The predicted molar refractivity (Wildman–Crippen MR) is 55.5 cm³/mol. The van der Waals surface area contributed by atoms with Crippen molar-refractivity contribution in [2.45, 2.75) is 50.7 Å². The molecule has 1 aliphatic carbocycles. The van der Waals surface area contributed by atoms with Gasteiger partial charge in [0.15, 0.2) is 0 Å². The fourth-order valence-electron chi connectivity index (χ4n) is 2.26. The van der Waals surface area contributed by atoms with Gasteiger partial charge in [0.05, 0.1) is 5.25 Å². The van der Waals surface area contributed by atoms with Gasteiger partial charge in [-0.1, -0.05) is 19.8 Å². The second kappa shape index (κ2) is 4.45. The Morgan fingerprint density at radius 1 is 1.15 bits per heavy atom. The minimum absolute atomic E-state index is 0.0411.